The smallest absolute Gasteiger partial charge is 0.228 e. The summed E-state index contributed by atoms with van der Waals surface area (Å²) in [5, 5.41) is 10.4. The Labute approximate surface area is 541 Å². The van der Waals surface area contributed by atoms with Crippen molar-refractivity contribution in [3.8, 4) is 11.5 Å². The Morgan fingerprint density at radius 1 is 0.529 bits per heavy atom. The molecule has 2 saturated carbocycles. The second kappa shape index (κ2) is 28.0. The summed E-state index contributed by atoms with van der Waals surface area (Å²) in [7, 11) is 0. The highest BCUT2D eigenvalue weighted by atomic mass is 35.5. The SMILES string of the molecule is Cc1cc(Cl)c(O[C@@H]2CCN(c3ccc([C@H]4CCNC[C@@H]4C(=O)N(Cc4cc(CCOCCc5ccc(Cl)c(CN(C(=O)[C@H]6CNCC[C@@H]6c6ccc(N7CC[C@@H](Oc8c(Cl)cc(C)cc8Cl)C7)nc6)C6CC6)c5)ccc4Cl)C4CC4)cn3)C2)c(Cl)c1. The second-order valence-electron chi connectivity index (χ2n) is 24.7. The molecule has 6 aliphatic rings. The van der Waals surface area contributed by atoms with Crippen LogP contribution in [-0.2, 0) is 40.3 Å². The molecule has 2 N–H and O–H groups in total. The number of anilines is 2. The molecule has 0 radical (unpaired) electrons. The monoisotopic (exact) mass is 1290 g/mol. The highest BCUT2D eigenvalue weighted by molar-refractivity contribution is 6.38. The van der Waals surface area contributed by atoms with Gasteiger partial charge in [-0.3, -0.25) is 9.59 Å². The molecule has 4 aliphatic heterocycles. The Balaban J connectivity index is 0.619. The summed E-state index contributed by atoms with van der Waals surface area (Å²) < 4.78 is 18.9. The number of aromatic nitrogens is 2. The first-order valence-electron chi connectivity index (χ1n) is 31.0. The lowest BCUT2D eigenvalue weighted by Crippen LogP contribution is -2.47. The molecule has 6 aromatic rings. The van der Waals surface area contributed by atoms with Gasteiger partial charge >= 0.3 is 0 Å². The van der Waals surface area contributed by atoms with Crippen molar-refractivity contribution < 1.29 is 23.8 Å². The fourth-order valence-corrected chi connectivity index (χ4v) is 15.0. The number of carbonyl (C=O) groups is 2. The molecule has 12 rings (SSSR count). The van der Waals surface area contributed by atoms with Crippen molar-refractivity contribution in [2.24, 2.45) is 11.8 Å². The van der Waals surface area contributed by atoms with Gasteiger partial charge in [0.25, 0.3) is 0 Å². The molecule has 2 aliphatic carbocycles. The Bertz CT molecular complexity index is 3160. The molecule has 6 heterocycles. The van der Waals surface area contributed by atoms with Crippen LogP contribution in [0.3, 0.4) is 0 Å². The number of carbonyl (C=O) groups excluding carboxylic acids is 2. The Morgan fingerprint density at radius 2 is 0.943 bits per heavy atom. The van der Waals surface area contributed by atoms with Crippen molar-refractivity contribution in [3.63, 3.8) is 0 Å². The number of pyridine rings is 2. The van der Waals surface area contributed by atoms with Crippen molar-refractivity contribution in [3.05, 3.63) is 172 Å². The second-order valence-corrected chi connectivity index (χ2v) is 27.2. The van der Waals surface area contributed by atoms with Crippen molar-refractivity contribution in [1.29, 1.82) is 0 Å². The minimum atomic E-state index is -0.224. The number of hydrogen-bond donors (Lipinski definition) is 2. The van der Waals surface area contributed by atoms with Crippen LogP contribution in [0.25, 0.3) is 0 Å². The molecule has 4 saturated heterocycles. The van der Waals surface area contributed by atoms with E-state index in [2.05, 4.69) is 78.8 Å². The molecule has 0 bridgehead atoms. The molecule has 19 heteroatoms. The lowest BCUT2D eigenvalue weighted by atomic mass is 9.80. The largest absolute Gasteiger partial charge is 0.485 e. The first kappa shape index (κ1) is 62.1. The molecule has 4 aromatic carbocycles. The van der Waals surface area contributed by atoms with E-state index in [1.807, 2.05) is 62.6 Å². The quantitative estimate of drug-likeness (QED) is 0.0631. The normalized spacial score (nSPS) is 22.2. The summed E-state index contributed by atoms with van der Waals surface area (Å²) in [6.07, 6.45) is 12.5. The van der Waals surface area contributed by atoms with E-state index in [-0.39, 0.29) is 59.8 Å². The number of ether oxygens (including phenoxy) is 3. The Morgan fingerprint density at radius 3 is 1.32 bits per heavy atom. The van der Waals surface area contributed by atoms with Gasteiger partial charge in [-0.1, -0.05) is 106 Å². The van der Waals surface area contributed by atoms with Gasteiger partial charge in [0.1, 0.15) is 23.8 Å². The third kappa shape index (κ3) is 15.1. The highest BCUT2D eigenvalue weighted by Gasteiger charge is 2.43. The van der Waals surface area contributed by atoms with Crippen LogP contribution in [0, 0.1) is 25.7 Å². The minimum absolute atomic E-state index is 0.0409. The van der Waals surface area contributed by atoms with Crippen molar-refractivity contribution in [1.82, 2.24) is 30.4 Å². The Kier molecular flexibility index (Phi) is 20.0. The maximum atomic E-state index is 14.8. The number of piperidine rings is 2. The van der Waals surface area contributed by atoms with Crippen LogP contribution in [0.15, 0.2) is 97.3 Å². The molecule has 2 amide bonds. The number of halogens is 6. The van der Waals surface area contributed by atoms with Gasteiger partial charge in [-0.15, -0.1) is 0 Å². The average Bonchev–Trinajstić information content (AvgIpc) is 3.77. The summed E-state index contributed by atoms with van der Waals surface area (Å²) >= 11 is 39.9. The van der Waals surface area contributed by atoms with Crippen LogP contribution in [0.5, 0.6) is 11.5 Å². The topological polar surface area (TPSA) is 125 Å². The molecule has 6 fully saturated rings. The van der Waals surface area contributed by atoms with Gasteiger partial charge in [-0.25, -0.2) is 9.97 Å². The van der Waals surface area contributed by atoms with Crippen LogP contribution in [0.2, 0.25) is 30.1 Å². The van der Waals surface area contributed by atoms with Gasteiger partial charge in [-0.05, 0) is 183 Å². The lowest BCUT2D eigenvalue weighted by Gasteiger charge is -2.36. The third-order valence-electron chi connectivity index (χ3n) is 18.3. The van der Waals surface area contributed by atoms with Crippen molar-refractivity contribution >= 4 is 93.1 Å². The van der Waals surface area contributed by atoms with Gasteiger partial charge in [0.05, 0.1) is 58.2 Å². The number of aryl methyl sites for hydroxylation is 2. The molecule has 0 unspecified atom stereocenters. The summed E-state index contributed by atoms with van der Waals surface area (Å²) in [4.78, 5) is 48.0. The van der Waals surface area contributed by atoms with E-state index in [1.54, 1.807) is 0 Å². The minimum Gasteiger partial charge on any atom is -0.485 e. The van der Waals surface area contributed by atoms with Crippen LogP contribution in [0.4, 0.5) is 11.6 Å². The summed E-state index contributed by atoms with van der Waals surface area (Å²) in [5.74, 6) is 2.79. The number of hydrogen-bond acceptors (Lipinski definition) is 11. The predicted octanol–water partition coefficient (Wildman–Crippen LogP) is 13.9. The zero-order chi connectivity index (χ0) is 60.3. The molecule has 460 valence electrons. The van der Waals surface area contributed by atoms with E-state index in [9.17, 15) is 9.59 Å². The lowest BCUT2D eigenvalue weighted by molar-refractivity contribution is -0.138. The molecule has 2 aromatic heterocycles. The summed E-state index contributed by atoms with van der Waals surface area (Å²) in [5.41, 5.74) is 8.26. The zero-order valence-electron chi connectivity index (χ0n) is 49.4. The van der Waals surface area contributed by atoms with E-state index >= 15 is 0 Å². The van der Waals surface area contributed by atoms with Gasteiger partial charge in [0, 0.05) is 86.6 Å². The van der Waals surface area contributed by atoms with E-state index < -0.39 is 0 Å². The van der Waals surface area contributed by atoms with Gasteiger partial charge in [0.2, 0.25) is 11.8 Å². The number of nitrogens with zero attached hydrogens (tertiary/aromatic N) is 6. The number of nitrogens with one attached hydrogen (secondary N) is 2. The van der Waals surface area contributed by atoms with E-state index in [0.29, 0.717) is 107 Å². The third-order valence-corrected chi connectivity index (χ3v) is 20.2. The van der Waals surface area contributed by atoms with Gasteiger partial charge in [-0.2, -0.15) is 0 Å². The molecule has 13 nitrogen and oxygen atoms in total. The molecular formula is C68H76Cl6N8O5. The van der Waals surface area contributed by atoms with E-state index in [1.165, 1.54) is 0 Å². The molecular weight excluding hydrogens is 1220 g/mol. The highest BCUT2D eigenvalue weighted by Crippen LogP contribution is 2.42. The van der Waals surface area contributed by atoms with E-state index in [0.717, 1.165) is 134 Å². The fraction of sp³-hybridized carbons (Fsp3) is 0.471. The standard InChI is InChI=1S/C68H76Cl6N8O5/c1-41-27-59(71)65(60(72)28-41)86-51-17-23-79(39-51)63-13-5-45(33-77-63)53-15-21-75-35-55(53)67(83)81(49-7-8-49)37-47-31-43(3-11-57(47)69)19-25-85-26-20-44-4-12-58(70)48(32-44)38-82(50-9-10-50)68(84)56-36-76-22-16-54(56)46-6-14-64(78-34-46)80-24-18-52(40-80)87-66-61(73)29-42(2)30-62(66)74/h3-6,11-14,27-34,49-56,75-76H,7-10,15-26,35-40H2,1-2H3/t51-,52-,53-,54-,55+,56+/m1/s1. The van der Waals surface area contributed by atoms with Crippen LogP contribution in [0.1, 0.15) is 108 Å². The average molecular weight is 1300 g/mol. The zero-order valence-corrected chi connectivity index (χ0v) is 53.9. The fourth-order valence-electron chi connectivity index (χ4n) is 13.3. The van der Waals surface area contributed by atoms with Crippen molar-refractivity contribution in [2.75, 3.05) is 75.4 Å². The maximum absolute atomic E-state index is 14.8. The summed E-state index contributed by atoms with van der Waals surface area (Å²) in [6.45, 7) is 11.8. The number of rotatable bonds is 22. The summed E-state index contributed by atoms with van der Waals surface area (Å²) in [6, 6.07) is 28.6. The van der Waals surface area contributed by atoms with Gasteiger partial charge in [0.15, 0.2) is 11.5 Å². The van der Waals surface area contributed by atoms with Crippen molar-refractivity contribution in [2.45, 2.75) is 127 Å². The predicted molar refractivity (Wildman–Crippen MR) is 349 cm³/mol. The number of amides is 2. The first-order valence-corrected chi connectivity index (χ1v) is 33.3. The van der Waals surface area contributed by atoms with Crippen LogP contribution in [-0.4, -0.2) is 121 Å². The molecule has 6 atom stereocenters. The Hall–Kier alpha value is -5.06. The van der Waals surface area contributed by atoms with Crippen LogP contribution < -0.4 is 29.9 Å². The molecule has 87 heavy (non-hydrogen) atoms. The first-order chi connectivity index (χ1) is 42.2. The molecule has 0 spiro atoms. The van der Waals surface area contributed by atoms with Gasteiger partial charge < -0.3 is 44.4 Å². The van der Waals surface area contributed by atoms with E-state index in [4.69, 9.17) is 93.8 Å². The van der Waals surface area contributed by atoms with Crippen LogP contribution >= 0.6 is 69.6 Å². The maximum Gasteiger partial charge on any atom is 0.228 e. The number of benzene rings is 4.